The van der Waals surface area contributed by atoms with Crippen molar-refractivity contribution in [2.45, 2.75) is 12.8 Å². The molecule has 1 saturated heterocycles. The van der Waals surface area contributed by atoms with Crippen molar-refractivity contribution in [2.24, 2.45) is 0 Å². The number of hydrogen-bond donors (Lipinski definition) is 0. The number of amides is 4. The average Bonchev–Trinajstić information content (AvgIpc) is 2.35. The zero-order valence-corrected chi connectivity index (χ0v) is 9.41. The molecule has 0 saturated carbocycles. The number of alkyl halides is 1. The van der Waals surface area contributed by atoms with Gasteiger partial charge in [-0.2, -0.15) is 0 Å². The van der Waals surface area contributed by atoms with E-state index in [0.717, 1.165) is 21.6 Å². The van der Waals surface area contributed by atoms with Crippen molar-refractivity contribution in [3.63, 3.8) is 0 Å². The lowest BCUT2D eigenvalue weighted by atomic mass is 10.3. The van der Waals surface area contributed by atoms with Crippen LogP contribution in [0.25, 0.3) is 0 Å². The fourth-order valence-corrected chi connectivity index (χ4v) is 1.57. The van der Waals surface area contributed by atoms with Crippen LogP contribution in [0.1, 0.15) is 12.8 Å². The second-order valence-electron chi connectivity index (χ2n) is 3.00. The van der Waals surface area contributed by atoms with Crippen LogP contribution in [0.5, 0.6) is 0 Å². The van der Waals surface area contributed by atoms with Crippen LogP contribution in [-0.4, -0.2) is 46.6 Å². The molecule has 0 radical (unpaired) electrons. The number of hydrogen-bond acceptors (Lipinski definition) is 3. The third-order valence-electron chi connectivity index (χ3n) is 2.02. The van der Waals surface area contributed by atoms with Crippen LogP contribution < -0.4 is 0 Å². The summed E-state index contributed by atoms with van der Waals surface area (Å²) in [6.45, 7) is 0.319. The first-order valence-electron chi connectivity index (χ1n) is 4.29. The fraction of sp³-hybridized carbons (Fsp3) is 0.625. The summed E-state index contributed by atoms with van der Waals surface area (Å²) in [5.41, 5.74) is 0. The predicted octanol–water partition coefficient (Wildman–Crippen LogP) is 0.582. The molecular weight excluding hydrogens is 252 g/mol. The lowest BCUT2D eigenvalue weighted by Gasteiger charge is -2.11. The highest BCUT2D eigenvalue weighted by Gasteiger charge is 2.41. The number of carbonyl (C=O) groups is 3. The van der Waals surface area contributed by atoms with Gasteiger partial charge in [0.2, 0.25) is 0 Å². The molecule has 0 N–H and O–H groups in total. The van der Waals surface area contributed by atoms with E-state index in [2.05, 4.69) is 15.9 Å². The number of halogens is 1. The highest BCUT2D eigenvalue weighted by atomic mass is 79.9. The molecule has 0 aromatic heterocycles. The van der Waals surface area contributed by atoms with Crippen LogP contribution in [-0.2, 0) is 9.59 Å². The van der Waals surface area contributed by atoms with Crippen LogP contribution >= 0.6 is 15.9 Å². The van der Waals surface area contributed by atoms with Gasteiger partial charge in [-0.3, -0.25) is 19.4 Å². The van der Waals surface area contributed by atoms with E-state index in [9.17, 15) is 14.4 Å². The van der Waals surface area contributed by atoms with Gasteiger partial charge in [-0.25, -0.2) is 4.79 Å². The molecule has 1 rings (SSSR count). The molecule has 0 atom stereocenters. The van der Waals surface area contributed by atoms with Gasteiger partial charge in [-0.15, -0.1) is 0 Å². The Morgan fingerprint density at radius 2 is 1.79 bits per heavy atom. The van der Waals surface area contributed by atoms with E-state index in [4.69, 9.17) is 0 Å². The largest absolute Gasteiger partial charge is 0.333 e. The molecular formula is C8H11BrN2O3. The molecule has 78 valence electrons. The Labute approximate surface area is 90.2 Å². The first kappa shape index (κ1) is 11.2. The Kier molecular flexibility index (Phi) is 3.62. The third kappa shape index (κ3) is 1.95. The van der Waals surface area contributed by atoms with E-state index >= 15 is 0 Å². The number of likely N-dealkylation sites (N-methyl/N-ethyl adjacent to an activating group) is 1. The number of rotatable bonds is 4. The lowest BCUT2D eigenvalue weighted by Crippen LogP contribution is -2.32. The number of carbonyl (C=O) groups excluding carboxylic acids is 3. The Bertz CT molecular complexity index is 280. The Morgan fingerprint density at radius 3 is 2.21 bits per heavy atom. The fourth-order valence-electron chi connectivity index (χ4n) is 1.18. The maximum Gasteiger partial charge on any atom is 0.333 e. The normalized spacial score (nSPS) is 17.1. The summed E-state index contributed by atoms with van der Waals surface area (Å²) >= 11 is 3.25. The molecule has 0 aromatic rings. The summed E-state index contributed by atoms with van der Waals surface area (Å²) < 4.78 is 0. The molecule has 6 heteroatoms. The summed E-state index contributed by atoms with van der Waals surface area (Å²) in [5.74, 6) is -1.46. The van der Waals surface area contributed by atoms with Crippen molar-refractivity contribution in [2.75, 3.05) is 18.9 Å². The van der Waals surface area contributed by atoms with E-state index in [-0.39, 0.29) is 0 Å². The zero-order valence-electron chi connectivity index (χ0n) is 7.83. The summed E-state index contributed by atoms with van der Waals surface area (Å²) in [6.07, 6.45) is 1.58. The van der Waals surface area contributed by atoms with Gasteiger partial charge in [0.25, 0.3) is 0 Å². The topological polar surface area (TPSA) is 57.7 Å². The van der Waals surface area contributed by atoms with Gasteiger partial charge >= 0.3 is 17.8 Å². The van der Waals surface area contributed by atoms with Crippen LogP contribution in [0.2, 0.25) is 0 Å². The second kappa shape index (κ2) is 4.54. The Morgan fingerprint density at radius 1 is 1.14 bits per heavy atom. The highest BCUT2D eigenvalue weighted by molar-refractivity contribution is 9.09. The number of imide groups is 2. The molecule has 14 heavy (non-hydrogen) atoms. The maximum atomic E-state index is 11.3. The number of unbranched alkanes of at least 4 members (excludes halogenated alkanes) is 1. The number of nitrogens with zero attached hydrogens (tertiary/aromatic N) is 2. The summed E-state index contributed by atoms with van der Waals surface area (Å²) in [4.78, 5) is 35.4. The molecule has 4 amide bonds. The quantitative estimate of drug-likeness (QED) is 0.322. The van der Waals surface area contributed by atoms with Crippen molar-refractivity contribution >= 4 is 33.8 Å². The van der Waals surface area contributed by atoms with Crippen molar-refractivity contribution in [3.05, 3.63) is 0 Å². The molecule has 1 aliphatic rings. The summed E-state index contributed by atoms with van der Waals surface area (Å²) in [7, 11) is 1.31. The minimum absolute atomic E-state index is 0.319. The van der Waals surface area contributed by atoms with Gasteiger partial charge in [0, 0.05) is 18.9 Å². The molecule has 1 aliphatic heterocycles. The van der Waals surface area contributed by atoms with E-state index in [0.29, 0.717) is 13.0 Å². The van der Waals surface area contributed by atoms with Gasteiger partial charge in [0.05, 0.1) is 0 Å². The first-order chi connectivity index (χ1) is 6.59. The molecule has 5 nitrogen and oxygen atoms in total. The summed E-state index contributed by atoms with van der Waals surface area (Å²) in [5, 5.41) is 0.826. The van der Waals surface area contributed by atoms with Crippen molar-refractivity contribution in [1.82, 2.24) is 9.80 Å². The molecule has 1 heterocycles. The van der Waals surface area contributed by atoms with Gasteiger partial charge < -0.3 is 0 Å². The molecule has 0 unspecified atom stereocenters. The van der Waals surface area contributed by atoms with Gasteiger partial charge in [0.15, 0.2) is 0 Å². The molecule has 0 spiro atoms. The van der Waals surface area contributed by atoms with Gasteiger partial charge in [0.1, 0.15) is 0 Å². The highest BCUT2D eigenvalue weighted by Crippen LogP contribution is 2.10. The smallest absolute Gasteiger partial charge is 0.263 e. The Balaban J connectivity index is 2.57. The SMILES string of the molecule is CN1C(=O)C(=O)N(CCCCBr)C1=O. The van der Waals surface area contributed by atoms with E-state index in [1.54, 1.807) is 0 Å². The minimum Gasteiger partial charge on any atom is -0.263 e. The van der Waals surface area contributed by atoms with Crippen LogP contribution in [0.15, 0.2) is 0 Å². The molecule has 0 aromatic carbocycles. The van der Waals surface area contributed by atoms with Crippen LogP contribution in [0.4, 0.5) is 4.79 Å². The Hall–Kier alpha value is -0.910. The van der Waals surface area contributed by atoms with Crippen molar-refractivity contribution < 1.29 is 14.4 Å². The third-order valence-corrected chi connectivity index (χ3v) is 2.58. The lowest BCUT2D eigenvalue weighted by molar-refractivity contribution is -0.142. The monoisotopic (exact) mass is 262 g/mol. The summed E-state index contributed by atoms with van der Waals surface area (Å²) in [6, 6.07) is -0.519. The van der Waals surface area contributed by atoms with E-state index in [1.807, 2.05) is 0 Å². The van der Waals surface area contributed by atoms with Crippen molar-refractivity contribution in [1.29, 1.82) is 0 Å². The maximum absolute atomic E-state index is 11.3. The second-order valence-corrected chi connectivity index (χ2v) is 3.79. The van der Waals surface area contributed by atoms with Crippen molar-refractivity contribution in [3.8, 4) is 0 Å². The number of urea groups is 1. The van der Waals surface area contributed by atoms with E-state index < -0.39 is 17.8 Å². The van der Waals surface area contributed by atoms with Gasteiger partial charge in [-0.1, -0.05) is 15.9 Å². The minimum atomic E-state index is -0.742. The molecule has 1 fully saturated rings. The predicted molar refractivity (Wildman–Crippen MR) is 52.9 cm³/mol. The first-order valence-corrected chi connectivity index (χ1v) is 5.41. The molecule has 0 aliphatic carbocycles. The average molecular weight is 263 g/mol. The zero-order chi connectivity index (χ0) is 10.7. The standard InChI is InChI=1S/C8H11BrN2O3/c1-10-6(12)7(13)11(8(10)14)5-3-2-4-9/h2-5H2,1H3. The van der Waals surface area contributed by atoms with Crippen LogP contribution in [0, 0.1) is 0 Å². The van der Waals surface area contributed by atoms with Crippen LogP contribution in [0.3, 0.4) is 0 Å². The van der Waals surface area contributed by atoms with Gasteiger partial charge in [-0.05, 0) is 12.8 Å². The molecule has 0 bridgehead atoms. The van der Waals surface area contributed by atoms with E-state index in [1.165, 1.54) is 7.05 Å².